The number of allylic oxidation sites excluding steroid dienone is 1. The zero-order valence-electron chi connectivity index (χ0n) is 10.1. The minimum atomic E-state index is -2.28. The van der Waals surface area contributed by atoms with Gasteiger partial charge in [-0.1, -0.05) is 0 Å². The van der Waals surface area contributed by atoms with E-state index < -0.39 is 43.9 Å². The summed E-state index contributed by atoms with van der Waals surface area (Å²) in [4.78, 5) is 41.1. The molecule has 0 saturated carbocycles. The quantitative estimate of drug-likeness (QED) is 0.550. The lowest BCUT2D eigenvalue weighted by atomic mass is 9.88. The normalized spacial score (nSPS) is 21.1. The molecule has 0 saturated heterocycles. The third kappa shape index (κ3) is 2.41. The van der Waals surface area contributed by atoms with Gasteiger partial charge in [0.25, 0.3) is 11.4 Å². The summed E-state index contributed by atoms with van der Waals surface area (Å²) in [6.07, 6.45) is 2.63. The highest BCUT2D eigenvalue weighted by Crippen LogP contribution is 2.36. The molecule has 1 atom stereocenters. The van der Waals surface area contributed by atoms with Gasteiger partial charge in [0.05, 0.1) is 22.0 Å². The molecule has 1 aliphatic rings. The van der Waals surface area contributed by atoms with E-state index in [-0.39, 0.29) is 0 Å². The topological polar surface area (TPSA) is 168 Å². The minimum absolute atomic E-state index is 0.408. The molecular formula is C9H6N6O6. The summed E-state index contributed by atoms with van der Waals surface area (Å²) in [5.41, 5.74) is -3.70. The third-order valence-electron chi connectivity index (χ3n) is 2.80. The molecule has 1 heterocycles. The molecule has 0 N–H and O–H groups in total. The highest BCUT2D eigenvalue weighted by molar-refractivity contribution is 5.29. The molecular weight excluding hydrogens is 288 g/mol. The second-order valence-electron chi connectivity index (χ2n) is 4.04. The van der Waals surface area contributed by atoms with E-state index in [2.05, 4.69) is 15.0 Å². The molecule has 12 heteroatoms. The Kier molecular flexibility index (Phi) is 3.35. The van der Waals surface area contributed by atoms with E-state index in [9.17, 15) is 30.3 Å². The first-order valence-electron chi connectivity index (χ1n) is 5.36. The number of aromatic nitrogens is 3. The van der Waals surface area contributed by atoms with Crippen LogP contribution in [-0.2, 0) is 5.54 Å². The second kappa shape index (κ2) is 4.99. The number of nitro groups is 3. The maximum absolute atomic E-state index is 11.4. The summed E-state index contributed by atoms with van der Waals surface area (Å²) in [6, 6.07) is 0. The molecule has 108 valence electrons. The van der Waals surface area contributed by atoms with Gasteiger partial charge in [0.1, 0.15) is 19.1 Å². The summed E-state index contributed by atoms with van der Waals surface area (Å²) >= 11 is 0. The SMILES string of the molecule is O=[N+]([O-])C1=CC(c2ncncn2)([N+](=O)[O-])CC([N+](=O)[O-])=C1. The lowest BCUT2D eigenvalue weighted by Gasteiger charge is -2.20. The average Bonchev–Trinajstić information content (AvgIpc) is 2.47. The van der Waals surface area contributed by atoms with Gasteiger partial charge < -0.3 is 0 Å². The number of hydrogen-bond acceptors (Lipinski definition) is 9. The van der Waals surface area contributed by atoms with E-state index in [0.717, 1.165) is 12.7 Å². The Hall–Kier alpha value is -3.31. The largest absolute Gasteiger partial charge is 0.315 e. The molecule has 0 aliphatic heterocycles. The van der Waals surface area contributed by atoms with Crippen LogP contribution in [0.15, 0.2) is 36.2 Å². The Labute approximate surface area is 115 Å². The molecule has 1 aromatic heterocycles. The Morgan fingerprint density at radius 2 is 1.67 bits per heavy atom. The van der Waals surface area contributed by atoms with Gasteiger partial charge in [0, 0.05) is 4.92 Å². The first-order valence-corrected chi connectivity index (χ1v) is 5.36. The van der Waals surface area contributed by atoms with Crippen molar-refractivity contribution in [1.82, 2.24) is 15.0 Å². The molecule has 12 nitrogen and oxygen atoms in total. The van der Waals surface area contributed by atoms with Crippen LogP contribution in [0.3, 0.4) is 0 Å². The highest BCUT2D eigenvalue weighted by atomic mass is 16.6. The van der Waals surface area contributed by atoms with E-state index in [1.54, 1.807) is 0 Å². The predicted molar refractivity (Wildman–Crippen MR) is 63.3 cm³/mol. The van der Waals surface area contributed by atoms with E-state index in [1.807, 2.05) is 0 Å². The highest BCUT2D eigenvalue weighted by Gasteiger charge is 2.54. The molecule has 0 radical (unpaired) electrons. The third-order valence-corrected chi connectivity index (χ3v) is 2.80. The Balaban J connectivity index is 2.67. The Morgan fingerprint density at radius 1 is 1.05 bits per heavy atom. The van der Waals surface area contributed by atoms with Gasteiger partial charge in [-0.05, 0) is 0 Å². The molecule has 1 aliphatic carbocycles. The van der Waals surface area contributed by atoms with Crippen LogP contribution < -0.4 is 0 Å². The number of hydrogen-bond donors (Lipinski definition) is 0. The molecule has 0 fully saturated rings. The molecule has 1 aromatic rings. The van der Waals surface area contributed by atoms with E-state index in [4.69, 9.17) is 0 Å². The van der Waals surface area contributed by atoms with Crippen LogP contribution in [0.1, 0.15) is 12.2 Å². The zero-order chi connectivity index (χ0) is 15.6. The molecule has 2 rings (SSSR count). The van der Waals surface area contributed by atoms with E-state index in [0.29, 0.717) is 12.2 Å². The number of rotatable bonds is 4. The summed E-state index contributed by atoms with van der Waals surface area (Å²) in [6.45, 7) is 0. The molecule has 0 amide bonds. The summed E-state index contributed by atoms with van der Waals surface area (Å²) in [5.74, 6) is -0.408. The summed E-state index contributed by atoms with van der Waals surface area (Å²) < 4.78 is 0. The van der Waals surface area contributed by atoms with Gasteiger partial charge in [0.15, 0.2) is 0 Å². The standard InChI is InChI=1S/C9H6N6O6/c16-13(17)6-1-7(14(18)19)3-9(2-6,15(20)21)8-11-4-10-5-12-8/h1-2,4-5H,3H2. The predicted octanol–water partition coefficient (Wildman–Crippen LogP) is 0.0685. The van der Waals surface area contributed by atoms with Gasteiger partial charge in [0.2, 0.25) is 5.82 Å². The van der Waals surface area contributed by atoms with Crippen molar-refractivity contribution in [2.75, 3.05) is 0 Å². The summed E-state index contributed by atoms with van der Waals surface area (Å²) in [7, 11) is 0. The van der Waals surface area contributed by atoms with Gasteiger partial charge in [-0.25, -0.2) is 15.0 Å². The fourth-order valence-corrected chi connectivity index (χ4v) is 1.86. The van der Waals surface area contributed by atoms with Crippen LogP contribution >= 0.6 is 0 Å². The minimum Gasteiger partial charge on any atom is -0.263 e. The fraction of sp³-hybridized carbons (Fsp3) is 0.222. The lowest BCUT2D eigenvalue weighted by molar-refractivity contribution is -0.574. The van der Waals surface area contributed by atoms with Crippen LogP contribution in [-0.4, -0.2) is 29.7 Å². The summed E-state index contributed by atoms with van der Waals surface area (Å²) in [5, 5.41) is 33.1. The van der Waals surface area contributed by atoms with Crippen molar-refractivity contribution in [2.45, 2.75) is 12.0 Å². The molecule has 1 unspecified atom stereocenters. The maximum atomic E-state index is 11.4. The van der Waals surface area contributed by atoms with Crippen molar-refractivity contribution in [2.24, 2.45) is 0 Å². The van der Waals surface area contributed by atoms with Gasteiger partial charge in [-0.15, -0.1) is 0 Å². The van der Waals surface area contributed by atoms with Crippen LogP contribution in [0, 0.1) is 30.3 Å². The van der Waals surface area contributed by atoms with Crippen LogP contribution in [0.25, 0.3) is 0 Å². The average molecular weight is 294 g/mol. The molecule has 0 bridgehead atoms. The Morgan fingerprint density at radius 3 is 2.14 bits per heavy atom. The monoisotopic (exact) mass is 294 g/mol. The van der Waals surface area contributed by atoms with Gasteiger partial charge >= 0.3 is 5.54 Å². The molecule has 0 aromatic carbocycles. The van der Waals surface area contributed by atoms with Gasteiger partial charge in [-0.2, -0.15) is 0 Å². The first-order chi connectivity index (χ1) is 9.86. The van der Waals surface area contributed by atoms with Crippen LogP contribution in [0.2, 0.25) is 0 Å². The van der Waals surface area contributed by atoms with Crippen molar-refractivity contribution in [3.8, 4) is 0 Å². The van der Waals surface area contributed by atoms with E-state index in [1.165, 1.54) is 0 Å². The zero-order valence-corrected chi connectivity index (χ0v) is 10.1. The van der Waals surface area contributed by atoms with Crippen LogP contribution in [0.4, 0.5) is 0 Å². The van der Waals surface area contributed by atoms with Crippen molar-refractivity contribution >= 4 is 0 Å². The smallest absolute Gasteiger partial charge is 0.263 e. The first kappa shape index (κ1) is 14.1. The van der Waals surface area contributed by atoms with Crippen molar-refractivity contribution in [3.63, 3.8) is 0 Å². The molecule has 0 spiro atoms. The maximum Gasteiger partial charge on any atom is 0.315 e. The van der Waals surface area contributed by atoms with Crippen molar-refractivity contribution in [3.05, 3.63) is 72.4 Å². The molecule has 21 heavy (non-hydrogen) atoms. The van der Waals surface area contributed by atoms with E-state index >= 15 is 0 Å². The van der Waals surface area contributed by atoms with Gasteiger partial charge in [-0.3, -0.25) is 30.3 Å². The Bertz CT molecular complexity index is 685. The van der Waals surface area contributed by atoms with Crippen LogP contribution in [0.5, 0.6) is 0 Å². The fourth-order valence-electron chi connectivity index (χ4n) is 1.86. The number of nitrogens with zero attached hydrogens (tertiary/aromatic N) is 6. The second-order valence-corrected chi connectivity index (χ2v) is 4.04. The van der Waals surface area contributed by atoms with Crippen molar-refractivity contribution < 1.29 is 14.8 Å². The van der Waals surface area contributed by atoms with Crippen molar-refractivity contribution in [1.29, 1.82) is 0 Å². The lowest BCUT2D eigenvalue weighted by Crippen LogP contribution is -2.39.